The van der Waals surface area contributed by atoms with Crippen molar-refractivity contribution in [3.8, 4) is 0 Å². The molecule has 0 aliphatic carbocycles. The number of rotatable bonds is 3. The average molecular weight is 248 g/mol. The molecular formula is C10H8N4O4. The number of nitro benzene ring substituents is 1. The van der Waals surface area contributed by atoms with E-state index in [2.05, 4.69) is 15.0 Å². The number of nitrogens with two attached hydrogens (primary N) is 1. The van der Waals surface area contributed by atoms with Gasteiger partial charge in [-0.25, -0.2) is 0 Å². The van der Waals surface area contributed by atoms with Crippen LogP contribution in [0, 0.1) is 10.1 Å². The molecule has 1 amide bonds. The van der Waals surface area contributed by atoms with Crippen LogP contribution in [0.2, 0.25) is 0 Å². The zero-order chi connectivity index (χ0) is 13.1. The first-order valence-electron chi connectivity index (χ1n) is 4.83. The van der Waals surface area contributed by atoms with Crippen LogP contribution in [0.4, 0.5) is 17.2 Å². The minimum Gasteiger partial charge on any atom is -0.398 e. The topological polar surface area (TPSA) is 124 Å². The molecule has 8 nitrogen and oxygen atoms in total. The highest BCUT2D eigenvalue weighted by atomic mass is 16.6. The quantitative estimate of drug-likeness (QED) is 0.480. The fourth-order valence-corrected chi connectivity index (χ4v) is 1.32. The molecule has 1 aromatic heterocycles. The van der Waals surface area contributed by atoms with Gasteiger partial charge in [0, 0.05) is 23.9 Å². The average Bonchev–Trinajstić information content (AvgIpc) is 2.81. The monoisotopic (exact) mass is 248 g/mol. The molecule has 3 N–H and O–H groups in total. The molecule has 0 unspecified atom stereocenters. The molecule has 0 saturated carbocycles. The lowest BCUT2D eigenvalue weighted by Gasteiger charge is -2.04. The predicted molar refractivity (Wildman–Crippen MR) is 62.0 cm³/mol. The van der Waals surface area contributed by atoms with Crippen LogP contribution in [0.5, 0.6) is 0 Å². The molecule has 2 aromatic rings. The smallest absolute Gasteiger partial charge is 0.270 e. The molecule has 8 heteroatoms. The van der Waals surface area contributed by atoms with Crippen molar-refractivity contribution in [1.29, 1.82) is 0 Å². The van der Waals surface area contributed by atoms with Gasteiger partial charge in [-0.05, 0) is 6.07 Å². The summed E-state index contributed by atoms with van der Waals surface area (Å²) in [6.07, 6.45) is 1.28. The molecule has 1 heterocycles. The SMILES string of the molecule is Nc1ccc([N+](=O)[O-])cc1C(=O)Nc1ccon1. The molecule has 0 atom stereocenters. The molecule has 1 aromatic carbocycles. The fraction of sp³-hybridized carbons (Fsp3) is 0. The van der Waals surface area contributed by atoms with Crippen LogP contribution >= 0.6 is 0 Å². The van der Waals surface area contributed by atoms with Gasteiger partial charge >= 0.3 is 0 Å². The molecule has 2 rings (SSSR count). The number of amides is 1. The number of nitrogens with one attached hydrogen (secondary N) is 1. The number of hydrogen-bond acceptors (Lipinski definition) is 6. The Morgan fingerprint density at radius 1 is 1.44 bits per heavy atom. The summed E-state index contributed by atoms with van der Waals surface area (Å²) in [5.41, 5.74) is 5.53. The summed E-state index contributed by atoms with van der Waals surface area (Å²) in [5.74, 6) is -0.393. The molecule has 92 valence electrons. The van der Waals surface area contributed by atoms with E-state index >= 15 is 0 Å². The standard InChI is InChI=1S/C10H8N4O4/c11-8-2-1-6(14(16)17)5-7(8)10(15)12-9-3-4-18-13-9/h1-5H,11H2,(H,12,13,15). The number of benzene rings is 1. The van der Waals surface area contributed by atoms with E-state index in [0.717, 1.165) is 6.07 Å². The number of hydrogen-bond donors (Lipinski definition) is 2. The van der Waals surface area contributed by atoms with Gasteiger partial charge in [0.15, 0.2) is 5.82 Å². The fourth-order valence-electron chi connectivity index (χ4n) is 1.32. The number of nitrogens with zero attached hydrogens (tertiary/aromatic N) is 2. The summed E-state index contributed by atoms with van der Waals surface area (Å²) in [6, 6.07) is 5.06. The van der Waals surface area contributed by atoms with E-state index in [4.69, 9.17) is 5.73 Å². The Kier molecular flexibility index (Phi) is 2.92. The van der Waals surface area contributed by atoms with E-state index in [1.165, 1.54) is 24.5 Å². The number of non-ortho nitro benzene ring substituents is 1. The molecule has 0 spiro atoms. The molecule has 0 radical (unpaired) electrons. The summed E-state index contributed by atoms with van der Waals surface area (Å²) in [6.45, 7) is 0. The Morgan fingerprint density at radius 3 is 2.83 bits per heavy atom. The minimum absolute atomic E-state index is 0.00667. The maximum Gasteiger partial charge on any atom is 0.270 e. The van der Waals surface area contributed by atoms with Gasteiger partial charge in [-0.1, -0.05) is 5.16 Å². The zero-order valence-electron chi connectivity index (χ0n) is 8.99. The van der Waals surface area contributed by atoms with Crippen LogP contribution in [0.3, 0.4) is 0 Å². The Hall–Kier alpha value is -2.90. The highest BCUT2D eigenvalue weighted by molar-refractivity contribution is 6.07. The largest absolute Gasteiger partial charge is 0.398 e. The van der Waals surface area contributed by atoms with Crippen molar-refractivity contribution in [2.75, 3.05) is 11.1 Å². The summed E-state index contributed by atoms with van der Waals surface area (Å²) < 4.78 is 4.54. The van der Waals surface area contributed by atoms with Gasteiger partial charge in [0.1, 0.15) is 6.26 Å². The first-order chi connectivity index (χ1) is 8.58. The van der Waals surface area contributed by atoms with Crippen LogP contribution in [-0.4, -0.2) is 16.0 Å². The van der Waals surface area contributed by atoms with Crippen molar-refractivity contribution in [2.45, 2.75) is 0 Å². The second kappa shape index (κ2) is 4.53. The second-order valence-corrected chi connectivity index (χ2v) is 3.37. The molecule has 0 aliphatic rings. The summed E-state index contributed by atoms with van der Waals surface area (Å²) in [5, 5.41) is 16.5. The van der Waals surface area contributed by atoms with Crippen LogP contribution in [0.15, 0.2) is 35.1 Å². The lowest BCUT2D eigenvalue weighted by atomic mass is 10.1. The number of anilines is 2. The van der Waals surface area contributed by atoms with Crippen molar-refractivity contribution in [1.82, 2.24) is 5.16 Å². The third-order valence-electron chi connectivity index (χ3n) is 2.17. The predicted octanol–water partition coefficient (Wildman–Crippen LogP) is 1.42. The van der Waals surface area contributed by atoms with Crippen molar-refractivity contribution >= 4 is 23.1 Å². The van der Waals surface area contributed by atoms with Crippen LogP contribution < -0.4 is 11.1 Å². The van der Waals surface area contributed by atoms with Crippen molar-refractivity contribution in [3.63, 3.8) is 0 Å². The molecule has 0 aliphatic heterocycles. The van der Waals surface area contributed by atoms with Gasteiger partial charge in [0.25, 0.3) is 11.6 Å². The number of aromatic nitrogens is 1. The van der Waals surface area contributed by atoms with Gasteiger partial charge in [0.05, 0.1) is 10.5 Å². The van der Waals surface area contributed by atoms with Gasteiger partial charge in [-0.3, -0.25) is 14.9 Å². The summed E-state index contributed by atoms with van der Waals surface area (Å²) in [7, 11) is 0. The Labute approximate surface area is 101 Å². The van der Waals surface area contributed by atoms with Gasteiger partial charge in [-0.2, -0.15) is 0 Å². The van der Waals surface area contributed by atoms with E-state index in [1.807, 2.05) is 0 Å². The lowest BCUT2D eigenvalue weighted by molar-refractivity contribution is -0.384. The normalized spacial score (nSPS) is 10.0. The highest BCUT2D eigenvalue weighted by Crippen LogP contribution is 2.20. The first kappa shape index (κ1) is 11.6. The molecule has 0 fully saturated rings. The molecule has 18 heavy (non-hydrogen) atoms. The molecule has 0 saturated heterocycles. The maximum atomic E-state index is 11.8. The van der Waals surface area contributed by atoms with Crippen LogP contribution in [-0.2, 0) is 0 Å². The van der Waals surface area contributed by atoms with Crippen molar-refractivity contribution < 1.29 is 14.2 Å². The van der Waals surface area contributed by atoms with E-state index < -0.39 is 10.8 Å². The van der Waals surface area contributed by atoms with E-state index in [0.29, 0.717) is 0 Å². The van der Waals surface area contributed by atoms with E-state index in [1.54, 1.807) is 0 Å². The summed E-state index contributed by atoms with van der Waals surface area (Å²) in [4.78, 5) is 21.8. The van der Waals surface area contributed by atoms with Crippen LogP contribution in [0.1, 0.15) is 10.4 Å². The maximum absolute atomic E-state index is 11.8. The third-order valence-corrected chi connectivity index (χ3v) is 2.17. The Balaban J connectivity index is 2.29. The van der Waals surface area contributed by atoms with Crippen molar-refractivity contribution in [3.05, 3.63) is 46.2 Å². The zero-order valence-corrected chi connectivity index (χ0v) is 8.99. The van der Waals surface area contributed by atoms with E-state index in [-0.39, 0.29) is 22.8 Å². The number of carbonyl (C=O) groups is 1. The number of nitro groups is 1. The minimum atomic E-state index is -0.605. The first-order valence-corrected chi connectivity index (χ1v) is 4.83. The Bertz CT molecular complexity index is 594. The third kappa shape index (κ3) is 2.26. The molecular weight excluding hydrogens is 240 g/mol. The van der Waals surface area contributed by atoms with Crippen molar-refractivity contribution in [2.24, 2.45) is 0 Å². The van der Waals surface area contributed by atoms with Crippen LogP contribution in [0.25, 0.3) is 0 Å². The number of carbonyl (C=O) groups excluding carboxylic acids is 1. The second-order valence-electron chi connectivity index (χ2n) is 3.37. The van der Waals surface area contributed by atoms with E-state index in [9.17, 15) is 14.9 Å². The summed E-state index contributed by atoms with van der Waals surface area (Å²) >= 11 is 0. The van der Waals surface area contributed by atoms with Gasteiger partial charge < -0.3 is 15.6 Å². The Morgan fingerprint density at radius 2 is 2.22 bits per heavy atom. The van der Waals surface area contributed by atoms with Gasteiger partial charge in [-0.15, -0.1) is 0 Å². The van der Waals surface area contributed by atoms with Gasteiger partial charge in [0.2, 0.25) is 0 Å². The number of nitrogen functional groups attached to an aromatic ring is 1. The highest BCUT2D eigenvalue weighted by Gasteiger charge is 2.16. The lowest BCUT2D eigenvalue weighted by Crippen LogP contribution is -2.14. The molecule has 0 bridgehead atoms.